The first-order valence-electron chi connectivity index (χ1n) is 6.49. The normalized spacial score (nSPS) is 34.8. The number of nitrogens with zero attached hydrogens (tertiary/aromatic N) is 1. The Bertz CT molecular complexity index is 204. The summed E-state index contributed by atoms with van der Waals surface area (Å²) in [5, 5.41) is 3.85. The molecule has 2 nitrogen and oxygen atoms in total. The van der Waals surface area contributed by atoms with Crippen molar-refractivity contribution in [3.8, 4) is 0 Å². The van der Waals surface area contributed by atoms with Gasteiger partial charge in [-0.1, -0.05) is 0 Å². The summed E-state index contributed by atoms with van der Waals surface area (Å²) in [6.45, 7) is 2.70. The van der Waals surface area contributed by atoms with Crippen molar-refractivity contribution < 1.29 is 0 Å². The first-order chi connectivity index (χ1) is 7.42. The fourth-order valence-electron chi connectivity index (χ4n) is 2.87. The maximum Gasteiger partial charge on any atom is 0.0168 e. The molecule has 3 rings (SSSR count). The van der Waals surface area contributed by atoms with E-state index in [1.165, 1.54) is 56.7 Å². The van der Waals surface area contributed by atoms with Crippen LogP contribution in [0.15, 0.2) is 0 Å². The zero-order valence-electron chi connectivity index (χ0n) is 9.45. The van der Waals surface area contributed by atoms with Crippen LogP contribution in [0, 0.1) is 0 Å². The van der Waals surface area contributed by atoms with E-state index in [0.29, 0.717) is 0 Å². The van der Waals surface area contributed by atoms with Crippen LogP contribution in [0.1, 0.15) is 32.1 Å². The van der Waals surface area contributed by atoms with Crippen LogP contribution in [0.3, 0.4) is 0 Å². The van der Waals surface area contributed by atoms with E-state index in [1.54, 1.807) is 0 Å². The first kappa shape index (κ1) is 10.4. The molecule has 0 aromatic heterocycles. The third-order valence-electron chi connectivity index (χ3n) is 3.99. The highest BCUT2D eigenvalue weighted by Gasteiger charge is 2.32. The number of hydrogen-bond acceptors (Lipinski definition) is 3. The standard InChI is InChI=1S/C12H22N2S/c1-2-12(1)14-6-3-10(4-7-14)13-11-5-8-15-9-11/h10-13H,1-9H2. The number of thioether (sulfide) groups is 1. The molecular weight excluding hydrogens is 204 g/mol. The van der Waals surface area contributed by atoms with E-state index < -0.39 is 0 Å². The van der Waals surface area contributed by atoms with Gasteiger partial charge in [-0.3, -0.25) is 0 Å². The van der Waals surface area contributed by atoms with Crippen molar-refractivity contribution in [1.82, 2.24) is 10.2 Å². The number of piperidine rings is 1. The van der Waals surface area contributed by atoms with Crippen molar-refractivity contribution >= 4 is 11.8 Å². The summed E-state index contributed by atoms with van der Waals surface area (Å²) < 4.78 is 0. The minimum absolute atomic E-state index is 0.823. The Kier molecular flexibility index (Phi) is 3.23. The van der Waals surface area contributed by atoms with E-state index in [9.17, 15) is 0 Å². The molecule has 86 valence electrons. The Balaban J connectivity index is 1.40. The predicted molar refractivity (Wildman–Crippen MR) is 66.5 cm³/mol. The van der Waals surface area contributed by atoms with Gasteiger partial charge in [0.1, 0.15) is 0 Å². The molecule has 1 atom stereocenters. The van der Waals surface area contributed by atoms with Gasteiger partial charge in [0.2, 0.25) is 0 Å². The lowest BCUT2D eigenvalue weighted by molar-refractivity contribution is 0.184. The van der Waals surface area contributed by atoms with Crippen molar-refractivity contribution in [2.45, 2.75) is 50.2 Å². The highest BCUT2D eigenvalue weighted by Crippen LogP contribution is 2.29. The van der Waals surface area contributed by atoms with Crippen LogP contribution in [0.5, 0.6) is 0 Å². The Morgan fingerprint density at radius 3 is 2.33 bits per heavy atom. The molecule has 3 aliphatic rings. The second-order valence-corrected chi connectivity index (χ2v) is 6.42. The molecule has 1 N–H and O–H groups in total. The Morgan fingerprint density at radius 2 is 1.73 bits per heavy atom. The average Bonchev–Trinajstić information content (AvgIpc) is 2.99. The zero-order valence-corrected chi connectivity index (χ0v) is 10.3. The lowest BCUT2D eigenvalue weighted by Crippen LogP contribution is -2.46. The van der Waals surface area contributed by atoms with E-state index in [0.717, 1.165) is 18.1 Å². The summed E-state index contributed by atoms with van der Waals surface area (Å²) >= 11 is 2.11. The molecule has 1 aliphatic carbocycles. The molecule has 3 fully saturated rings. The average molecular weight is 226 g/mol. The Morgan fingerprint density at radius 1 is 0.933 bits per heavy atom. The van der Waals surface area contributed by atoms with Crippen LogP contribution < -0.4 is 5.32 Å². The molecule has 0 aromatic carbocycles. The smallest absolute Gasteiger partial charge is 0.0168 e. The number of nitrogens with one attached hydrogen (secondary N) is 1. The molecule has 0 amide bonds. The second-order valence-electron chi connectivity index (χ2n) is 5.27. The topological polar surface area (TPSA) is 15.3 Å². The van der Waals surface area contributed by atoms with E-state index in [-0.39, 0.29) is 0 Å². The van der Waals surface area contributed by atoms with Gasteiger partial charge in [0.15, 0.2) is 0 Å². The maximum atomic E-state index is 3.85. The summed E-state index contributed by atoms with van der Waals surface area (Å²) in [6, 6.07) is 2.63. The quantitative estimate of drug-likeness (QED) is 0.789. The molecule has 3 heteroatoms. The second kappa shape index (κ2) is 4.64. The van der Waals surface area contributed by atoms with Crippen molar-refractivity contribution in [3.63, 3.8) is 0 Å². The van der Waals surface area contributed by atoms with Gasteiger partial charge in [-0.25, -0.2) is 0 Å². The molecule has 2 heterocycles. The number of likely N-dealkylation sites (tertiary alicyclic amines) is 1. The molecule has 0 aromatic rings. The third kappa shape index (κ3) is 2.69. The van der Waals surface area contributed by atoms with E-state index in [4.69, 9.17) is 0 Å². The molecule has 1 saturated carbocycles. The predicted octanol–water partition coefficient (Wildman–Crippen LogP) is 1.71. The van der Waals surface area contributed by atoms with Gasteiger partial charge in [-0.2, -0.15) is 11.8 Å². The van der Waals surface area contributed by atoms with Gasteiger partial charge in [0.05, 0.1) is 0 Å². The van der Waals surface area contributed by atoms with Crippen LogP contribution in [0.2, 0.25) is 0 Å². The summed E-state index contributed by atoms with van der Waals surface area (Å²) in [4.78, 5) is 2.71. The SMILES string of the molecule is C1CC(NC2CCN(C3CC3)CC2)CS1. The van der Waals surface area contributed by atoms with Crippen LogP contribution in [-0.4, -0.2) is 47.6 Å². The molecular formula is C12H22N2S. The first-order valence-corrected chi connectivity index (χ1v) is 7.65. The van der Waals surface area contributed by atoms with E-state index in [1.807, 2.05) is 0 Å². The lowest BCUT2D eigenvalue weighted by atomic mass is 10.0. The Labute approximate surface area is 97.2 Å². The lowest BCUT2D eigenvalue weighted by Gasteiger charge is -2.33. The molecule has 0 spiro atoms. The Hall–Kier alpha value is 0.270. The summed E-state index contributed by atoms with van der Waals surface area (Å²) in [7, 11) is 0. The number of hydrogen-bond donors (Lipinski definition) is 1. The van der Waals surface area contributed by atoms with Gasteiger partial charge in [0, 0.05) is 23.9 Å². The zero-order chi connectivity index (χ0) is 10.1. The van der Waals surface area contributed by atoms with Crippen LogP contribution in [0.4, 0.5) is 0 Å². The molecule has 0 bridgehead atoms. The van der Waals surface area contributed by atoms with Gasteiger partial charge >= 0.3 is 0 Å². The van der Waals surface area contributed by atoms with Crippen molar-refractivity contribution in [3.05, 3.63) is 0 Å². The summed E-state index contributed by atoms with van der Waals surface area (Å²) in [6.07, 6.45) is 7.11. The van der Waals surface area contributed by atoms with Gasteiger partial charge < -0.3 is 10.2 Å². The molecule has 15 heavy (non-hydrogen) atoms. The van der Waals surface area contributed by atoms with Gasteiger partial charge in [0.25, 0.3) is 0 Å². The van der Waals surface area contributed by atoms with Crippen molar-refractivity contribution in [2.75, 3.05) is 24.6 Å². The molecule has 1 unspecified atom stereocenters. The highest BCUT2D eigenvalue weighted by atomic mass is 32.2. The minimum atomic E-state index is 0.823. The largest absolute Gasteiger partial charge is 0.310 e. The third-order valence-corrected chi connectivity index (χ3v) is 5.16. The number of rotatable bonds is 3. The maximum absolute atomic E-state index is 3.85. The summed E-state index contributed by atoms with van der Waals surface area (Å²) in [5.41, 5.74) is 0. The van der Waals surface area contributed by atoms with Gasteiger partial charge in [-0.15, -0.1) is 0 Å². The summed E-state index contributed by atoms with van der Waals surface area (Å²) in [5.74, 6) is 2.72. The van der Waals surface area contributed by atoms with E-state index in [2.05, 4.69) is 22.0 Å². The highest BCUT2D eigenvalue weighted by molar-refractivity contribution is 7.99. The van der Waals surface area contributed by atoms with Crippen molar-refractivity contribution in [1.29, 1.82) is 0 Å². The molecule has 2 aliphatic heterocycles. The van der Waals surface area contributed by atoms with Crippen LogP contribution >= 0.6 is 11.8 Å². The molecule has 2 saturated heterocycles. The minimum Gasteiger partial charge on any atom is -0.310 e. The van der Waals surface area contributed by atoms with Crippen LogP contribution in [-0.2, 0) is 0 Å². The van der Waals surface area contributed by atoms with Crippen molar-refractivity contribution in [2.24, 2.45) is 0 Å². The molecule has 0 radical (unpaired) electrons. The monoisotopic (exact) mass is 226 g/mol. The van der Waals surface area contributed by atoms with E-state index >= 15 is 0 Å². The fourth-order valence-corrected chi connectivity index (χ4v) is 4.04. The van der Waals surface area contributed by atoms with Crippen LogP contribution in [0.25, 0.3) is 0 Å². The van der Waals surface area contributed by atoms with Gasteiger partial charge in [-0.05, 0) is 50.9 Å². The fraction of sp³-hybridized carbons (Fsp3) is 1.00.